The van der Waals surface area contributed by atoms with Crippen molar-refractivity contribution in [3.8, 4) is 0 Å². The number of hydrogen-bond donors (Lipinski definition) is 0. The van der Waals surface area contributed by atoms with Crippen LogP contribution >= 0.6 is 8.69 Å². The molecule has 0 aromatic carbocycles. The van der Waals surface area contributed by atoms with Gasteiger partial charge in [-0.15, -0.1) is 0 Å². The van der Waals surface area contributed by atoms with Gasteiger partial charge in [0, 0.05) is 0 Å². The molecule has 0 aliphatic rings. The first-order chi connectivity index (χ1) is 7.35. The Balaban J connectivity index is 3.48. The van der Waals surface area contributed by atoms with E-state index in [0.29, 0.717) is 0 Å². The van der Waals surface area contributed by atoms with E-state index in [2.05, 4.69) is 13.8 Å². The molecule has 90 valence electrons. The highest BCUT2D eigenvalue weighted by molar-refractivity contribution is 7.17. The summed E-state index contributed by atoms with van der Waals surface area (Å²) in [5, 5.41) is 0. The summed E-state index contributed by atoms with van der Waals surface area (Å²) in [6, 6.07) is 0. The minimum Gasteiger partial charge on any atom is -0.291 e. The molecule has 3 heteroatoms. The Hall–Kier alpha value is 0.0600. The Morgan fingerprint density at radius 1 is 0.933 bits per heavy atom. The van der Waals surface area contributed by atoms with Crippen molar-refractivity contribution >= 4 is 8.69 Å². The molecule has 0 radical (unpaired) electrons. The molecule has 0 saturated heterocycles. The second-order valence-electron chi connectivity index (χ2n) is 4.15. The van der Waals surface area contributed by atoms with Crippen molar-refractivity contribution < 1.29 is 9.09 Å². The molecule has 0 spiro atoms. The van der Waals surface area contributed by atoms with E-state index in [1.54, 1.807) is 0 Å². The van der Waals surface area contributed by atoms with Crippen LogP contribution in [-0.4, -0.2) is 6.10 Å². The van der Waals surface area contributed by atoms with Gasteiger partial charge >= 0.3 is 8.69 Å². The lowest BCUT2D eigenvalue weighted by Gasteiger charge is -2.12. The summed E-state index contributed by atoms with van der Waals surface area (Å²) in [7, 11) is -0.153. The van der Waals surface area contributed by atoms with E-state index < -0.39 is 0 Å². The van der Waals surface area contributed by atoms with Crippen molar-refractivity contribution in [2.24, 2.45) is 0 Å². The maximum atomic E-state index is 10.4. The standard InChI is InChI=1S/C12H25O2P/c1-3-5-7-9-11-12(14-15-13)10-8-6-4-2/h12H,3-11H2,1-2H3. The highest BCUT2D eigenvalue weighted by Gasteiger charge is 2.08. The predicted octanol–water partition coefficient (Wildman–Crippen LogP) is 5.13. The Bertz CT molecular complexity index is 140. The number of unbranched alkanes of at least 4 members (excludes halogenated alkanes) is 5. The normalized spacial score (nSPS) is 13.2. The van der Waals surface area contributed by atoms with Crippen molar-refractivity contribution in [3.05, 3.63) is 0 Å². The maximum Gasteiger partial charge on any atom is 0.327 e. The summed E-state index contributed by atoms with van der Waals surface area (Å²) in [5.41, 5.74) is 0. The monoisotopic (exact) mass is 232 g/mol. The van der Waals surface area contributed by atoms with Gasteiger partial charge in [-0.25, -0.2) is 4.57 Å². The minimum atomic E-state index is -0.153. The topological polar surface area (TPSA) is 26.3 Å². The minimum absolute atomic E-state index is 0.153. The molecule has 15 heavy (non-hydrogen) atoms. The summed E-state index contributed by atoms with van der Waals surface area (Å²) in [4.78, 5) is 0. The highest BCUT2D eigenvalue weighted by atomic mass is 31.1. The molecule has 1 unspecified atom stereocenters. The SMILES string of the molecule is CCCCCCC(CCCCC)OP=O. The van der Waals surface area contributed by atoms with Crippen LogP contribution < -0.4 is 0 Å². The molecule has 0 aromatic heterocycles. The van der Waals surface area contributed by atoms with Gasteiger partial charge in [0.25, 0.3) is 0 Å². The summed E-state index contributed by atoms with van der Waals surface area (Å²) in [6.07, 6.45) is 11.1. The van der Waals surface area contributed by atoms with E-state index in [0.717, 1.165) is 12.8 Å². The van der Waals surface area contributed by atoms with Gasteiger partial charge in [0.2, 0.25) is 0 Å². The van der Waals surface area contributed by atoms with Crippen molar-refractivity contribution in [1.82, 2.24) is 0 Å². The lowest BCUT2D eigenvalue weighted by Crippen LogP contribution is -2.07. The van der Waals surface area contributed by atoms with Crippen LogP contribution in [0.2, 0.25) is 0 Å². The van der Waals surface area contributed by atoms with Crippen LogP contribution in [0.15, 0.2) is 0 Å². The average Bonchev–Trinajstić information content (AvgIpc) is 2.24. The summed E-state index contributed by atoms with van der Waals surface area (Å²) in [6.45, 7) is 4.41. The van der Waals surface area contributed by atoms with E-state index in [1.165, 1.54) is 44.9 Å². The number of hydrogen-bond acceptors (Lipinski definition) is 2. The van der Waals surface area contributed by atoms with Gasteiger partial charge in [-0.2, -0.15) is 0 Å². The first kappa shape index (κ1) is 15.1. The largest absolute Gasteiger partial charge is 0.327 e. The van der Waals surface area contributed by atoms with E-state index >= 15 is 0 Å². The van der Waals surface area contributed by atoms with Gasteiger partial charge in [-0.1, -0.05) is 58.8 Å². The van der Waals surface area contributed by atoms with Crippen LogP contribution in [0, 0.1) is 0 Å². The lowest BCUT2D eigenvalue weighted by molar-refractivity contribution is 0.192. The first-order valence-electron chi connectivity index (χ1n) is 6.33. The maximum absolute atomic E-state index is 10.4. The summed E-state index contributed by atoms with van der Waals surface area (Å²) >= 11 is 0. The molecular weight excluding hydrogens is 207 g/mol. The highest BCUT2D eigenvalue weighted by Crippen LogP contribution is 2.18. The third kappa shape index (κ3) is 10.3. The predicted molar refractivity (Wildman–Crippen MR) is 65.4 cm³/mol. The Labute approximate surface area is 96.1 Å². The van der Waals surface area contributed by atoms with Gasteiger partial charge in [-0.05, 0) is 12.8 Å². The molecule has 0 aliphatic carbocycles. The molecular formula is C12H25O2P. The lowest BCUT2D eigenvalue weighted by atomic mass is 10.0. The van der Waals surface area contributed by atoms with Gasteiger partial charge in [0.1, 0.15) is 0 Å². The molecule has 0 aromatic rings. The van der Waals surface area contributed by atoms with Crippen molar-refractivity contribution in [2.45, 2.75) is 77.7 Å². The zero-order valence-electron chi connectivity index (χ0n) is 10.2. The second-order valence-corrected chi connectivity index (χ2v) is 4.51. The van der Waals surface area contributed by atoms with E-state index in [1.807, 2.05) is 0 Å². The molecule has 0 saturated carbocycles. The van der Waals surface area contributed by atoms with Gasteiger partial charge in [0.05, 0.1) is 6.10 Å². The number of rotatable bonds is 11. The molecule has 0 N–H and O–H groups in total. The molecule has 0 heterocycles. The van der Waals surface area contributed by atoms with Crippen LogP contribution in [0.3, 0.4) is 0 Å². The zero-order chi connectivity index (χ0) is 11.4. The average molecular weight is 232 g/mol. The Kier molecular flexibility index (Phi) is 12.2. The smallest absolute Gasteiger partial charge is 0.291 e. The van der Waals surface area contributed by atoms with Crippen LogP contribution in [0.5, 0.6) is 0 Å². The molecule has 0 bridgehead atoms. The zero-order valence-corrected chi connectivity index (χ0v) is 11.1. The van der Waals surface area contributed by atoms with Crippen LogP contribution in [0.25, 0.3) is 0 Å². The third-order valence-corrected chi connectivity index (χ3v) is 3.09. The molecule has 0 aliphatic heterocycles. The van der Waals surface area contributed by atoms with Crippen molar-refractivity contribution in [2.75, 3.05) is 0 Å². The fourth-order valence-corrected chi connectivity index (χ4v) is 2.06. The van der Waals surface area contributed by atoms with Crippen LogP contribution in [0.4, 0.5) is 0 Å². The van der Waals surface area contributed by atoms with E-state index in [-0.39, 0.29) is 14.8 Å². The van der Waals surface area contributed by atoms with E-state index in [9.17, 15) is 4.57 Å². The van der Waals surface area contributed by atoms with Gasteiger partial charge < -0.3 is 0 Å². The molecule has 1 atom stereocenters. The summed E-state index contributed by atoms with van der Waals surface area (Å²) in [5.74, 6) is 0. The Morgan fingerprint density at radius 2 is 1.47 bits per heavy atom. The first-order valence-corrected chi connectivity index (χ1v) is 7.06. The molecule has 0 fully saturated rings. The molecule has 0 amide bonds. The van der Waals surface area contributed by atoms with Gasteiger partial charge in [-0.3, -0.25) is 4.52 Å². The quantitative estimate of drug-likeness (QED) is 0.364. The molecule has 0 rings (SSSR count). The fraction of sp³-hybridized carbons (Fsp3) is 1.00. The van der Waals surface area contributed by atoms with Crippen LogP contribution in [0.1, 0.15) is 71.6 Å². The van der Waals surface area contributed by atoms with Crippen molar-refractivity contribution in [3.63, 3.8) is 0 Å². The second kappa shape index (κ2) is 12.1. The van der Waals surface area contributed by atoms with E-state index in [4.69, 9.17) is 4.52 Å². The Morgan fingerprint density at radius 3 is 2.00 bits per heavy atom. The van der Waals surface area contributed by atoms with Gasteiger partial charge in [0.15, 0.2) is 0 Å². The van der Waals surface area contributed by atoms with Crippen molar-refractivity contribution in [1.29, 1.82) is 0 Å². The third-order valence-electron chi connectivity index (χ3n) is 2.70. The summed E-state index contributed by atoms with van der Waals surface area (Å²) < 4.78 is 15.6. The molecule has 2 nitrogen and oxygen atoms in total. The fourth-order valence-electron chi connectivity index (χ4n) is 1.73. The van der Waals surface area contributed by atoms with Crippen LogP contribution in [-0.2, 0) is 9.09 Å².